The average molecular weight is 208 g/mol. The Morgan fingerprint density at radius 3 is 2.87 bits per heavy atom. The van der Waals surface area contributed by atoms with E-state index < -0.39 is 5.95 Å². The van der Waals surface area contributed by atoms with Gasteiger partial charge in [0.1, 0.15) is 0 Å². The van der Waals surface area contributed by atoms with Gasteiger partial charge in [0.2, 0.25) is 5.95 Å². The average Bonchev–Trinajstić information content (AvgIpc) is 2.22. The van der Waals surface area contributed by atoms with Gasteiger partial charge in [-0.25, -0.2) is 4.98 Å². The van der Waals surface area contributed by atoms with E-state index in [1.807, 2.05) is 6.07 Å². The number of hydrogen-bond acceptors (Lipinski definition) is 2. The molecule has 2 rings (SSSR count). The fourth-order valence-electron chi connectivity index (χ4n) is 2.09. The van der Waals surface area contributed by atoms with E-state index in [0.29, 0.717) is 5.92 Å². The number of piperidine rings is 1. The zero-order valence-corrected chi connectivity index (χ0v) is 9.28. The van der Waals surface area contributed by atoms with Gasteiger partial charge in [0.25, 0.3) is 0 Å². The van der Waals surface area contributed by atoms with Gasteiger partial charge in [-0.2, -0.15) is 4.39 Å². The normalized spacial score (nSPS) is 26.7. The summed E-state index contributed by atoms with van der Waals surface area (Å²) < 4.78 is 13.0. The molecule has 2 unspecified atom stereocenters. The molecule has 0 aromatic carbocycles. The van der Waals surface area contributed by atoms with Gasteiger partial charge in [0, 0.05) is 31.0 Å². The van der Waals surface area contributed by atoms with Gasteiger partial charge in [-0.1, -0.05) is 13.8 Å². The molecule has 1 aromatic rings. The fraction of sp³-hybridized carbons (Fsp3) is 0.583. The minimum absolute atomic E-state index is 0.390. The molecule has 1 aliphatic rings. The summed E-state index contributed by atoms with van der Waals surface area (Å²) in [6.45, 7) is 6.59. The molecule has 0 N–H and O–H groups in total. The molecule has 1 saturated heterocycles. The first kappa shape index (κ1) is 10.4. The molecule has 0 spiro atoms. The van der Waals surface area contributed by atoms with Crippen LogP contribution in [0, 0.1) is 17.8 Å². The third-order valence-electron chi connectivity index (χ3n) is 3.41. The Hall–Kier alpha value is -1.12. The van der Waals surface area contributed by atoms with E-state index in [0.717, 1.165) is 24.7 Å². The van der Waals surface area contributed by atoms with E-state index in [1.54, 1.807) is 0 Å². The fourth-order valence-corrected chi connectivity index (χ4v) is 2.09. The standard InChI is InChI=1S/C12H17FN2/c1-9-4-6-15(8-10(9)2)11-3-5-14-12(13)7-11/h3,5,7,9-10H,4,6,8H2,1-2H3. The van der Waals surface area contributed by atoms with Crippen LogP contribution in [0.2, 0.25) is 0 Å². The highest BCUT2D eigenvalue weighted by Crippen LogP contribution is 2.26. The molecule has 82 valence electrons. The monoisotopic (exact) mass is 208 g/mol. The van der Waals surface area contributed by atoms with Crippen LogP contribution in [0.15, 0.2) is 18.3 Å². The Kier molecular flexibility index (Phi) is 2.89. The van der Waals surface area contributed by atoms with E-state index in [1.165, 1.54) is 18.7 Å². The van der Waals surface area contributed by atoms with E-state index >= 15 is 0 Å². The van der Waals surface area contributed by atoms with Gasteiger partial charge in [-0.15, -0.1) is 0 Å². The zero-order valence-electron chi connectivity index (χ0n) is 9.28. The first-order chi connectivity index (χ1) is 7.16. The lowest BCUT2D eigenvalue weighted by Gasteiger charge is -2.36. The van der Waals surface area contributed by atoms with Crippen molar-refractivity contribution in [2.75, 3.05) is 18.0 Å². The van der Waals surface area contributed by atoms with Crippen molar-refractivity contribution in [3.8, 4) is 0 Å². The molecule has 0 aliphatic carbocycles. The van der Waals surface area contributed by atoms with E-state index in [9.17, 15) is 4.39 Å². The molecule has 2 heterocycles. The lowest BCUT2D eigenvalue weighted by molar-refractivity contribution is 0.323. The first-order valence-corrected chi connectivity index (χ1v) is 5.53. The first-order valence-electron chi connectivity index (χ1n) is 5.53. The van der Waals surface area contributed by atoms with Crippen LogP contribution in [0.25, 0.3) is 0 Å². The molecule has 2 nitrogen and oxygen atoms in total. The summed E-state index contributed by atoms with van der Waals surface area (Å²) >= 11 is 0. The second-order valence-corrected chi connectivity index (χ2v) is 4.53. The van der Waals surface area contributed by atoms with Crippen molar-refractivity contribution < 1.29 is 4.39 Å². The summed E-state index contributed by atoms with van der Waals surface area (Å²) in [6.07, 6.45) is 2.72. The Bertz CT molecular complexity index is 340. The number of halogens is 1. The number of pyridine rings is 1. The molecular formula is C12H17FN2. The number of hydrogen-bond donors (Lipinski definition) is 0. The molecule has 1 aromatic heterocycles. The maximum absolute atomic E-state index is 13.0. The molecule has 15 heavy (non-hydrogen) atoms. The van der Waals surface area contributed by atoms with Crippen LogP contribution < -0.4 is 4.90 Å². The Morgan fingerprint density at radius 2 is 2.20 bits per heavy atom. The van der Waals surface area contributed by atoms with E-state index in [-0.39, 0.29) is 0 Å². The summed E-state index contributed by atoms with van der Waals surface area (Å²) in [5, 5.41) is 0. The van der Waals surface area contributed by atoms with Gasteiger partial charge >= 0.3 is 0 Å². The second-order valence-electron chi connectivity index (χ2n) is 4.53. The highest BCUT2D eigenvalue weighted by molar-refractivity contribution is 5.45. The minimum Gasteiger partial charge on any atom is -0.371 e. The molecule has 0 radical (unpaired) electrons. The van der Waals surface area contributed by atoms with Crippen molar-refractivity contribution in [1.82, 2.24) is 4.98 Å². The molecule has 1 aliphatic heterocycles. The van der Waals surface area contributed by atoms with Crippen molar-refractivity contribution in [2.45, 2.75) is 20.3 Å². The Labute approximate surface area is 90.1 Å². The summed E-state index contributed by atoms with van der Waals surface area (Å²) in [5.41, 5.74) is 0.959. The summed E-state index contributed by atoms with van der Waals surface area (Å²) in [6, 6.07) is 3.40. The molecule has 3 heteroatoms. The SMILES string of the molecule is CC1CCN(c2ccnc(F)c2)CC1C. The number of nitrogens with zero attached hydrogens (tertiary/aromatic N) is 2. The van der Waals surface area contributed by atoms with E-state index in [4.69, 9.17) is 0 Å². The Balaban J connectivity index is 2.12. The summed E-state index contributed by atoms with van der Waals surface area (Å²) in [4.78, 5) is 5.82. The molecule has 2 atom stereocenters. The third kappa shape index (κ3) is 2.28. The highest BCUT2D eigenvalue weighted by Gasteiger charge is 2.22. The van der Waals surface area contributed by atoms with Gasteiger partial charge in [-0.3, -0.25) is 0 Å². The maximum atomic E-state index is 13.0. The predicted octanol–water partition coefficient (Wildman–Crippen LogP) is 2.70. The van der Waals surface area contributed by atoms with Crippen molar-refractivity contribution >= 4 is 5.69 Å². The summed E-state index contributed by atoms with van der Waals surface area (Å²) in [7, 11) is 0. The highest BCUT2D eigenvalue weighted by atomic mass is 19.1. The van der Waals surface area contributed by atoms with Crippen LogP contribution in [0.5, 0.6) is 0 Å². The lowest BCUT2D eigenvalue weighted by atomic mass is 9.88. The van der Waals surface area contributed by atoms with Crippen LogP contribution in [0.4, 0.5) is 10.1 Å². The molecule has 0 amide bonds. The topological polar surface area (TPSA) is 16.1 Å². The van der Waals surface area contributed by atoms with Gasteiger partial charge in [0.15, 0.2) is 0 Å². The van der Waals surface area contributed by atoms with Crippen LogP contribution in [-0.4, -0.2) is 18.1 Å². The quantitative estimate of drug-likeness (QED) is 0.660. The minimum atomic E-state index is -0.390. The van der Waals surface area contributed by atoms with Gasteiger partial charge in [-0.05, 0) is 24.3 Å². The predicted molar refractivity (Wildman–Crippen MR) is 59.4 cm³/mol. The molecule has 0 saturated carbocycles. The van der Waals surface area contributed by atoms with Crippen LogP contribution in [0.3, 0.4) is 0 Å². The second kappa shape index (κ2) is 4.17. The van der Waals surface area contributed by atoms with Crippen LogP contribution in [0.1, 0.15) is 20.3 Å². The maximum Gasteiger partial charge on any atom is 0.214 e. The van der Waals surface area contributed by atoms with Crippen molar-refractivity contribution in [3.63, 3.8) is 0 Å². The number of anilines is 1. The van der Waals surface area contributed by atoms with Crippen molar-refractivity contribution in [3.05, 3.63) is 24.3 Å². The third-order valence-corrected chi connectivity index (χ3v) is 3.41. The number of aromatic nitrogens is 1. The largest absolute Gasteiger partial charge is 0.371 e. The molecule has 0 bridgehead atoms. The summed E-state index contributed by atoms with van der Waals surface area (Å²) in [5.74, 6) is 1.06. The van der Waals surface area contributed by atoms with E-state index in [2.05, 4.69) is 23.7 Å². The molecule has 1 fully saturated rings. The van der Waals surface area contributed by atoms with Crippen molar-refractivity contribution in [2.24, 2.45) is 11.8 Å². The van der Waals surface area contributed by atoms with Gasteiger partial charge in [0.05, 0.1) is 0 Å². The van der Waals surface area contributed by atoms with Gasteiger partial charge < -0.3 is 4.90 Å². The smallest absolute Gasteiger partial charge is 0.214 e. The zero-order chi connectivity index (χ0) is 10.8. The molecular weight excluding hydrogens is 191 g/mol. The van der Waals surface area contributed by atoms with Crippen molar-refractivity contribution in [1.29, 1.82) is 0 Å². The van der Waals surface area contributed by atoms with Crippen LogP contribution in [-0.2, 0) is 0 Å². The number of rotatable bonds is 1. The van der Waals surface area contributed by atoms with Crippen LogP contribution >= 0.6 is 0 Å². The lowest BCUT2D eigenvalue weighted by Crippen LogP contribution is -2.38. The Morgan fingerprint density at radius 1 is 1.40 bits per heavy atom.